The molecule has 6 heteroatoms. The maximum atomic E-state index is 13.5. The minimum atomic E-state index is -0.249. The van der Waals surface area contributed by atoms with Crippen LogP contribution in [0.2, 0.25) is 0 Å². The van der Waals surface area contributed by atoms with Crippen molar-refractivity contribution in [1.29, 1.82) is 0 Å². The first-order chi connectivity index (χ1) is 12.6. The number of halogens is 1. The van der Waals surface area contributed by atoms with E-state index in [0.29, 0.717) is 18.0 Å². The van der Waals surface area contributed by atoms with Crippen LogP contribution in [0.4, 0.5) is 4.39 Å². The summed E-state index contributed by atoms with van der Waals surface area (Å²) in [5.41, 5.74) is 1.81. The van der Waals surface area contributed by atoms with E-state index in [2.05, 4.69) is 10.3 Å². The maximum absolute atomic E-state index is 13.5. The fourth-order valence-electron chi connectivity index (χ4n) is 2.88. The van der Waals surface area contributed by atoms with Crippen LogP contribution in [0, 0.1) is 5.82 Å². The molecule has 1 aromatic heterocycles. The van der Waals surface area contributed by atoms with E-state index in [9.17, 15) is 4.39 Å². The summed E-state index contributed by atoms with van der Waals surface area (Å²) in [5, 5.41) is 3.46. The molecule has 0 aliphatic rings. The van der Waals surface area contributed by atoms with E-state index >= 15 is 0 Å². The van der Waals surface area contributed by atoms with E-state index in [4.69, 9.17) is 9.47 Å². The highest BCUT2D eigenvalue weighted by Gasteiger charge is 2.20. The monoisotopic (exact) mass is 355 g/mol. The van der Waals surface area contributed by atoms with Crippen molar-refractivity contribution in [3.63, 3.8) is 0 Å². The zero-order chi connectivity index (χ0) is 18.5. The molecule has 0 fully saturated rings. The van der Waals surface area contributed by atoms with Gasteiger partial charge >= 0.3 is 0 Å². The first-order valence-electron chi connectivity index (χ1n) is 8.28. The van der Waals surface area contributed by atoms with E-state index in [1.165, 1.54) is 12.1 Å². The lowest BCUT2D eigenvalue weighted by Crippen LogP contribution is -2.25. The summed E-state index contributed by atoms with van der Waals surface area (Å²) in [6, 6.07) is 12.1. The molecule has 26 heavy (non-hydrogen) atoms. The Morgan fingerprint density at radius 1 is 1.12 bits per heavy atom. The van der Waals surface area contributed by atoms with Crippen LogP contribution in [0.25, 0.3) is 0 Å². The highest BCUT2D eigenvalue weighted by molar-refractivity contribution is 5.41. The Labute approximate surface area is 152 Å². The largest absolute Gasteiger partial charge is 0.497 e. The third-order valence-corrected chi connectivity index (χ3v) is 4.22. The molecule has 0 radical (unpaired) electrons. The summed E-state index contributed by atoms with van der Waals surface area (Å²) in [6.07, 6.45) is 3.65. The van der Waals surface area contributed by atoms with Crippen molar-refractivity contribution < 1.29 is 13.9 Å². The van der Waals surface area contributed by atoms with Gasteiger partial charge in [0.2, 0.25) is 0 Å². The second-order valence-electron chi connectivity index (χ2n) is 5.99. The number of nitrogens with one attached hydrogen (secondary N) is 1. The molecule has 0 saturated heterocycles. The van der Waals surface area contributed by atoms with E-state index in [1.807, 2.05) is 42.1 Å². The van der Waals surface area contributed by atoms with Gasteiger partial charge in [-0.3, -0.25) is 5.32 Å². The minimum absolute atomic E-state index is 0.206. The summed E-state index contributed by atoms with van der Waals surface area (Å²) in [7, 11) is 5.18. The van der Waals surface area contributed by atoms with E-state index in [-0.39, 0.29) is 11.9 Å². The lowest BCUT2D eigenvalue weighted by molar-refractivity contribution is 0.392. The first kappa shape index (κ1) is 17.9. The number of benzene rings is 2. The second-order valence-corrected chi connectivity index (χ2v) is 5.99. The highest BCUT2D eigenvalue weighted by Crippen LogP contribution is 2.29. The smallest absolute Gasteiger partial charge is 0.130 e. The molecule has 1 atom stereocenters. The Morgan fingerprint density at radius 2 is 1.85 bits per heavy atom. The lowest BCUT2D eigenvalue weighted by atomic mass is 10.0. The van der Waals surface area contributed by atoms with Gasteiger partial charge in [-0.2, -0.15) is 0 Å². The van der Waals surface area contributed by atoms with Crippen LogP contribution in [0.5, 0.6) is 11.5 Å². The number of rotatable bonds is 7. The van der Waals surface area contributed by atoms with Gasteiger partial charge in [0.15, 0.2) is 0 Å². The quantitative estimate of drug-likeness (QED) is 0.705. The fraction of sp³-hybridized carbons (Fsp3) is 0.250. The molecule has 1 unspecified atom stereocenters. The Balaban J connectivity index is 1.95. The van der Waals surface area contributed by atoms with Crippen LogP contribution in [-0.2, 0) is 13.6 Å². The number of imidazole rings is 1. The van der Waals surface area contributed by atoms with Gasteiger partial charge in [-0.25, -0.2) is 9.37 Å². The molecule has 0 amide bonds. The Kier molecular flexibility index (Phi) is 5.53. The average molecular weight is 355 g/mol. The molecule has 0 aliphatic carbocycles. The zero-order valence-electron chi connectivity index (χ0n) is 15.1. The third kappa shape index (κ3) is 4.03. The van der Waals surface area contributed by atoms with Crippen LogP contribution >= 0.6 is 0 Å². The van der Waals surface area contributed by atoms with Gasteiger partial charge in [0.05, 0.1) is 20.3 Å². The zero-order valence-corrected chi connectivity index (χ0v) is 15.1. The molecule has 0 saturated carbocycles. The summed E-state index contributed by atoms with van der Waals surface area (Å²) < 4.78 is 26.2. The van der Waals surface area contributed by atoms with Crippen molar-refractivity contribution in [2.45, 2.75) is 12.6 Å². The molecule has 0 spiro atoms. The number of nitrogens with zero attached hydrogens (tertiary/aromatic N) is 2. The van der Waals surface area contributed by atoms with Crippen LogP contribution in [0.1, 0.15) is 23.0 Å². The normalized spacial score (nSPS) is 12.0. The SMILES string of the molecule is COc1cc(OC)cc(C(NCc2cccc(F)c2)c2nccn2C)c1. The van der Waals surface area contributed by atoms with Gasteiger partial charge in [-0.05, 0) is 35.4 Å². The molecule has 0 aliphatic heterocycles. The molecular formula is C20H22FN3O2. The fourth-order valence-corrected chi connectivity index (χ4v) is 2.88. The minimum Gasteiger partial charge on any atom is -0.497 e. The number of methoxy groups -OCH3 is 2. The molecule has 3 rings (SSSR count). The number of hydrogen-bond donors (Lipinski definition) is 1. The molecule has 5 nitrogen and oxygen atoms in total. The predicted molar refractivity (Wildman–Crippen MR) is 97.8 cm³/mol. The standard InChI is InChI=1S/C20H22FN3O2/c1-24-8-7-22-20(24)19(23-13-14-5-4-6-16(21)9-14)15-10-17(25-2)12-18(11-15)26-3/h4-12,19,23H,13H2,1-3H3. The van der Waals surface area contributed by atoms with Gasteiger partial charge in [0.25, 0.3) is 0 Å². The Bertz CT molecular complexity index is 857. The number of aryl methyl sites for hydroxylation is 1. The summed E-state index contributed by atoms with van der Waals surface area (Å²) in [5.74, 6) is 2.00. The first-order valence-corrected chi connectivity index (χ1v) is 8.28. The third-order valence-electron chi connectivity index (χ3n) is 4.22. The summed E-state index contributed by atoms with van der Waals surface area (Å²) in [6.45, 7) is 0.495. The van der Waals surface area contributed by atoms with Gasteiger partial charge in [-0.15, -0.1) is 0 Å². The Hall–Kier alpha value is -2.86. The van der Waals surface area contributed by atoms with Gasteiger partial charge in [0.1, 0.15) is 23.1 Å². The van der Waals surface area contributed by atoms with Gasteiger partial charge in [-0.1, -0.05) is 12.1 Å². The summed E-state index contributed by atoms with van der Waals surface area (Å²) >= 11 is 0. The predicted octanol–water partition coefficient (Wildman–Crippen LogP) is 3.46. The van der Waals surface area contributed by atoms with Crippen LogP contribution < -0.4 is 14.8 Å². The van der Waals surface area contributed by atoms with Crippen molar-refractivity contribution in [1.82, 2.24) is 14.9 Å². The van der Waals surface area contributed by atoms with Gasteiger partial charge in [0, 0.05) is 32.1 Å². The van der Waals surface area contributed by atoms with Crippen molar-refractivity contribution >= 4 is 0 Å². The topological polar surface area (TPSA) is 48.3 Å². The molecule has 0 bridgehead atoms. The Morgan fingerprint density at radius 3 is 2.42 bits per heavy atom. The van der Waals surface area contributed by atoms with Crippen molar-refractivity contribution in [2.24, 2.45) is 7.05 Å². The maximum Gasteiger partial charge on any atom is 0.130 e. The van der Waals surface area contributed by atoms with Crippen LogP contribution in [0.3, 0.4) is 0 Å². The van der Waals surface area contributed by atoms with Gasteiger partial charge < -0.3 is 14.0 Å². The van der Waals surface area contributed by atoms with Crippen LogP contribution in [-0.4, -0.2) is 23.8 Å². The average Bonchev–Trinajstić information content (AvgIpc) is 3.07. The summed E-state index contributed by atoms with van der Waals surface area (Å²) in [4.78, 5) is 4.48. The molecule has 2 aromatic carbocycles. The van der Waals surface area contributed by atoms with Crippen molar-refractivity contribution in [3.8, 4) is 11.5 Å². The number of hydrogen-bond acceptors (Lipinski definition) is 4. The van der Waals surface area contributed by atoms with Crippen LogP contribution in [0.15, 0.2) is 54.9 Å². The molecular weight excluding hydrogens is 333 g/mol. The molecule has 136 valence electrons. The highest BCUT2D eigenvalue weighted by atomic mass is 19.1. The molecule has 3 aromatic rings. The number of ether oxygens (including phenoxy) is 2. The van der Waals surface area contributed by atoms with E-state index in [1.54, 1.807) is 26.5 Å². The molecule has 1 heterocycles. The van der Waals surface area contributed by atoms with Crippen molar-refractivity contribution in [3.05, 3.63) is 77.6 Å². The molecule has 1 N–H and O–H groups in total. The number of aromatic nitrogens is 2. The second kappa shape index (κ2) is 8.01. The van der Waals surface area contributed by atoms with Crippen molar-refractivity contribution in [2.75, 3.05) is 14.2 Å². The lowest BCUT2D eigenvalue weighted by Gasteiger charge is -2.20. The van der Waals surface area contributed by atoms with E-state index < -0.39 is 0 Å². The van der Waals surface area contributed by atoms with E-state index in [0.717, 1.165) is 17.0 Å².